The van der Waals surface area contributed by atoms with Crippen LogP contribution in [0.25, 0.3) is 0 Å². The van der Waals surface area contributed by atoms with Gasteiger partial charge in [-0.05, 0) is 42.2 Å². The third-order valence-electron chi connectivity index (χ3n) is 3.46. The molecule has 2 aromatic rings. The fourth-order valence-electron chi connectivity index (χ4n) is 2.37. The van der Waals surface area contributed by atoms with Crippen molar-refractivity contribution in [3.63, 3.8) is 0 Å². The molecule has 0 spiro atoms. The Morgan fingerprint density at radius 1 is 1.36 bits per heavy atom. The van der Waals surface area contributed by atoms with Crippen LogP contribution in [0.4, 0.5) is 0 Å². The first-order valence-corrected chi connectivity index (χ1v) is 8.23. The molecule has 2 heterocycles. The quantitative estimate of drug-likeness (QED) is 0.826. The smallest absolute Gasteiger partial charge is 0.267 e. The molecule has 0 bridgehead atoms. The van der Waals surface area contributed by atoms with E-state index in [-0.39, 0.29) is 12.0 Å². The van der Waals surface area contributed by atoms with E-state index in [1.165, 1.54) is 0 Å². The largest absolute Gasteiger partial charge is 0.370 e. The number of rotatable bonds is 2. The molecule has 22 heavy (non-hydrogen) atoms. The van der Waals surface area contributed by atoms with Crippen molar-refractivity contribution in [3.8, 4) is 0 Å². The van der Waals surface area contributed by atoms with Crippen LogP contribution < -0.4 is 0 Å². The molecule has 1 saturated heterocycles. The first kappa shape index (κ1) is 15.7. The number of aromatic nitrogens is 2. The third-order valence-corrected chi connectivity index (χ3v) is 4.71. The van der Waals surface area contributed by atoms with E-state index in [0.29, 0.717) is 40.3 Å². The second kappa shape index (κ2) is 6.50. The highest BCUT2D eigenvalue weighted by Gasteiger charge is 2.28. The Morgan fingerprint density at radius 2 is 2.09 bits per heavy atom. The number of nitrogens with zero attached hydrogens (tertiary/aromatic N) is 3. The molecule has 1 aliphatic rings. The SMILES string of the molecule is Cc1nnsc1C(=O)N1CCOC(c2cc(Cl)cc(Cl)c2)C1. The van der Waals surface area contributed by atoms with E-state index in [9.17, 15) is 4.79 Å². The maximum atomic E-state index is 12.5. The first-order valence-electron chi connectivity index (χ1n) is 6.70. The van der Waals surface area contributed by atoms with Crippen molar-refractivity contribution in [2.75, 3.05) is 19.7 Å². The molecule has 3 rings (SSSR count). The van der Waals surface area contributed by atoms with Gasteiger partial charge in [-0.15, -0.1) is 5.10 Å². The lowest BCUT2D eigenvalue weighted by molar-refractivity contribution is -0.0226. The standard InChI is InChI=1S/C14H13Cl2N3O2S/c1-8-13(22-18-17-8)14(20)19-2-3-21-12(7-19)9-4-10(15)6-11(16)5-9/h4-6,12H,2-3,7H2,1H3. The second-order valence-electron chi connectivity index (χ2n) is 5.00. The van der Waals surface area contributed by atoms with Crippen LogP contribution in [0, 0.1) is 6.92 Å². The van der Waals surface area contributed by atoms with Gasteiger partial charge in [-0.3, -0.25) is 4.79 Å². The molecule has 5 nitrogen and oxygen atoms in total. The Bertz CT molecular complexity index is 687. The average molecular weight is 358 g/mol. The van der Waals surface area contributed by atoms with E-state index in [4.69, 9.17) is 27.9 Å². The Morgan fingerprint density at radius 3 is 2.73 bits per heavy atom. The number of carbonyl (C=O) groups is 1. The van der Waals surface area contributed by atoms with E-state index in [2.05, 4.69) is 9.59 Å². The fourth-order valence-corrected chi connectivity index (χ4v) is 3.54. The number of hydrogen-bond acceptors (Lipinski definition) is 5. The average Bonchev–Trinajstić information content (AvgIpc) is 2.92. The lowest BCUT2D eigenvalue weighted by Gasteiger charge is -2.33. The Labute approximate surface area is 142 Å². The van der Waals surface area contributed by atoms with Gasteiger partial charge in [0.1, 0.15) is 11.0 Å². The van der Waals surface area contributed by atoms with Gasteiger partial charge in [0.15, 0.2) is 0 Å². The number of morpholine rings is 1. The van der Waals surface area contributed by atoms with Crippen LogP contribution >= 0.6 is 34.7 Å². The molecule has 0 saturated carbocycles. The molecule has 0 aliphatic carbocycles. The summed E-state index contributed by atoms with van der Waals surface area (Å²) in [6, 6.07) is 5.29. The van der Waals surface area contributed by atoms with Gasteiger partial charge in [0.25, 0.3) is 5.91 Å². The minimum absolute atomic E-state index is 0.0612. The van der Waals surface area contributed by atoms with Crippen LogP contribution in [-0.4, -0.2) is 40.1 Å². The topological polar surface area (TPSA) is 55.3 Å². The molecule has 1 aromatic heterocycles. The number of carbonyl (C=O) groups excluding carboxylic acids is 1. The normalized spacial score (nSPS) is 18.5. The van der Waals surface area contributed by atoms with E-state index < -0.39 is 0 Å². The van der Waals surface area contributed by atoms with Crippen molar-refractivity contribution in [3.05, 3.63) is 44.4 Å². The van der Waals surface area contributed by atoms with Crippen molar-refractivity contribution in [1.82, 2.24) is 14.5 Å². The predicted octanol–water partition coefficient (Wildman–Crippen LogP) is 3.37. The lowest BCUT2D eigenvalue weighted by Crippen LogP contribution is -2.42. The van der Waals surface area contributed by atoms with Crippen LogP contribution in [0.15, 0.2) is 18.2 Å². The van der Waals surface area contributed by atoms with Crippen LogP contribution in [0.1, 0.15) is 27.0 Å². The molecule has 0 radical (unpaired) electrons. The predicted molar refractivity (Wildman–Crippen MR) is 85.7 cm³/mol. The molecule has 1 atom stereocenters. The van der Waals surface area contributed by atoms with Gasteiger partial charge in [0.05, 0.1) is 18.8 Å². The highest BCUT2D eigenvalue weighted by molar-refractivity contribution is 7.07. The van der Waals surface area contributed by atoms with E-state index in [1.54, 1.807) is 17.9 Å². The summed E-state index contributed by atoms with van der Waals surface area (Å²) in [6.45, 7) is 3.24. The molecule has 1 fully saturated rings. The Balaban J connectivity index is 1.79. The summed E-state index contributed by atoms with van der Waals surface area (Å²) in [5.74, 6) is -0.0612. The molecule has 1 unspecified atom stereocenters. The van der Waals surface area contributed by atoms with Crippen molar-refractivity contribution in [2.45, 2.75) is 13.0 Å². The summed E-state index contributed by atoms with van der Waals surface area (Å²) in [6.07, 6.45) is -0.241. The molecule has 8 heteroatoms. The van der Waals surface area contributed by atoms with Crippen molar-refractivity contribution >= 4 is 40.6 Å². The molecule has 116 valence electrons. The number of amides is 1. The van der Waals surface area contributed by atoms with Crippen molar-refractivity contribution in [2.24, 2.45) is 0 Å². The van der Waals surface area contributed by atoms with E-state index >= 15 is 0 Å². The second-order valence-corrected chi connectivity index (χ2v) is 6.63. The van der Waals surface area contributed by atoms with Crippen molar-refractivity contribution in [1.29, 1.82) is 0 Å². The highest BCUT2D eigenvalue weighted by Crippen LogP contribution is 2.29. The molecular weight excluding hydrogens is 345 g/mol. The highest BCUT2D eigenvalue weighted by atomic mass is 35.5. The Hall–Kier alpha value is -1.21. The monoisotopic (exact) mass is 357 g/mol. The zero-order chi connectivity index (χ0) is 15.7. The number of hydrogen-bond donors (Lipinski definition) is 0. The summed E-state index contributed by atoms with van der Waals surface area (Å²) in [7, 11) is 0. The summed E-state index contributed by atoms with van der Waals surface area (Å²) in [5, 5.41) is 4.99. The minimum atomic E-state index is -0.241. The van der Waals surface area contributed by atoms with Crippen LogP contribution in [0.3, 0.4) is 0 Å². The van der Waals surface area contributed by atoms with Gasteiger partial charge in [-0.1, -0.05) is 27.7 Å². The van der Waals surface area contributed by atoms with E-state index in [0.717, 1.165) is 17.1 Å². The summed E-state index contributed by atoms with van der Waals surface area (Å²) >= 11 is 13.2. The van der Waals surface area contributed by atoms with E-state index in [1.807, 2.05) is 12.1 Å². The summed E-state index contributed by atoms with van der Waals surface area (Å²) in [5.41, 5.74) is 1.53. The maximum absolute atomic E-state index is 12.5. The molecule has 0 N–H and O–H groups in total. The first-order chi connectivity index (χ1) is 10.5. The van der Waals surface area contributed by atoms with Gasteiger partial charge < -0.3 is 9.64 Å². The van der Waals surface area contributed by atoms with Gasteiger partial charge in [-0.25, -0.2) is 0 Å². The zero-order valence-corrected chi connectivity index (χ0v) is 14.1. The van der Waals surface area contributed by atoms with Gasteiger partial charge in [0.2, 0.25) is 0 Å². The maximum Gasteiger partial charge on any atom is 0.267 e. The molecular formula is C14H13Cl2N3O2S. The molecule has 1 aliphatic heterocycles. The lowest BCUT2D eigenvalue weighted by atomic mass is 10.1. The Kier molecular flexibility index (Phi) is 4.63. The van der Waals surface area contributed by atoms with Crippen LogP contribution in [0.2, 0.25) is 10.0 Å². The van der Waals surface area contributed by atoms with Gasteiger partial charge >= 0.3 is 0 Å². The third kappa shape index (κ3) is 3.25. The number of ether oxygens (including phenoxy) is 1. The zero-order valence-electron chi connectivity index (χ0n) is 11.8. The fraction of sp³-hybridized carbons (Fsp3) is 0.357. The minimum Gasteiger partial charge on any atom is -0.370 e. The summed E-state index contributed by atoms with van der Waals surface area (Å²) < 4.78 is 9.58. The van der Waals surface area contributed by atoms with Crippen LogP contribution in [0.5, 0.6) is 0 Å². The number of halogens is 2. The molecule has 1 amide bonds. The molecule has 1 aromatic carbocycles. The summed E-state index contributed by atoms with van der Waals surface area (Å²) in [4.78, 5) is 14.9. The van der Waals surface area contributed by atoms with Gasteiger partial charge in [-0.2, -0.15) is 0 Å². The van der Waals surface area contributed by atoms with Gasteiger partial charge in [0, 0.05) is 16.6 Å². The van der Waals surface area contributed by atoms with Crippen LogP contribution in [-0.2, 0) is 4.74 Å². The van der Waals surface area contributed by atoms with Crippen molar-refractivity contribution < 1.29 is 9.53 Å². The number of benzene rings is 1. The number of aryl methyl sites for hydroxylation is 1.